The summed E-state index contributed by atoms with van der Waals surface area (Å²) >= 11 is 12.2. The molecule has 2 aliphatic rings. The van der Waals surface area contributed by atoms with Crippen LogP contribution in [-0.4, -0.2) is 54.7 Å². The van der Waals surface area contributed by atoms with Gasteiger partial charge in [-0.2, -0.15) is 0 Å². The van der Waals surface area contributed by atoms with Gasteiger partial charge in [-0.05, 0) is 49.4 Å². The van der Waals surface area contributed by atoms with Crippen molar-refractivity contribution in [3.8, 4) is 0 Å². The Morgan fingerprint density at radius 2 is 1.63 bits per heavy atom. The predicted octanol–water partition coefficient (Wildman–Crippen LogP) is 3.65. The van der Waals surface area contributed by atoms with Crippen molar-refractivity contribution in [1.82, 2.24) is 4.90 Å². The number of piperazine rings is 1. The summed E-state index contributed by atoms with van der Waals surface area (Å²) in [7, 11) is 0. The Morgan fingerprint density at radius 3 is 2.27 bits per heavy atom. The monoisotopic (exact) mass is 445 g/mol. The van der Waals surface area contributed by atoms with Gasteiger partial charge >= 0.3 is 0 Å². The molecule has 2 fully saturated rings. The molecular weight excluding hydrogens is 425 g/mol. The minimum atomic E-state index is -0.491. The van der Waals surface area contributed by atoms with E-state index < -0.39 is 6.04 Å². The smallest absolute Gasteiger partial charge is 0.251 e. The van der Waals surface area contributed by atoms with Crippen LogP contribution in [0.2, 0.25) is 10.0 Å². The summed E-state index contributed by atoms with van der Waals surface area (Å²) in [5.74, 6) is -0.486. The second-order valence-electron chi connectivity index (χ2n) is 7.51. The van der Waals surface area contributed by atoms with Crippen molar-refractivity contribution in [1.29, 1.82) is 0 Å². The third-order valence-corrected chi connectivity index (χ3v) is 6.22. The minimum absolute atomic E-state index is 0.0418. The van der Waals surface area contributed by atoms with Crippen LogP contribution in [0.25, 0.3) is 0 Å². The second kappa shape index (κ2) is 8.38. The number of hydrogen-bond acceptors (Lipinski definition) is 5. The van der Waals surface area contributed by atoms with Crippen LogP contribution in [0.3, 0.4) is 0 Å². The first kappa shape index (κ1) is 20.8. The minimum Gasteiger partial charge on any atom is -0.369 e. The van der Waals surface area contributed by atoms with Crippen molar-refractivity contribution < 1.29 is 14.4 Å². The van der Waals surface area contributed by atoms with Crippen LogP contribution >= 0.6 is 23.2 Å². The van der Waals surface area contributed by atoms with Crippen molar-refractivity contribution in [2.45, 2.75) is 19.4 Å². The Bertz CT molecular complexity index is 1000. The summed E-state index contributed by atoms with van der Waals surface area (Å²) in [5.41, 5.74) is 2.07. The van der Waals surface area contributed by atoms with Crippen LogP contribution in [0.4, 0.5) is 11.4 Å². The largest absolute Gasteiger partial charge is 0.369 e. The van der Waals surface area contributed by atoms with E-state index in [2.05, 4.69) is 9.80 Å². The van der Waals surface area contributed by atoms with E-state index in [0.29, 0.717) is 34.4 Å². The van der Waals surface area contributed by atoms with Crippen LogP contribution in [0.15, 0.2) is 42.5 Å². The van der Waals surface area contributed by atoms with E-state index in [1.165, 1.54) is 0 Å². The Balaban J connectivity index is 1.44. The van der Waals surface area contributed by atoms with Gasteiger partial charge in [0.15, 0.2) is 5.78 Å². The molecular formula is C22H21Cl2N3O3. The summed E-state index contributed by atoms with van der Waals surface area (Å²) in [6, 6.07) is 11.8. The van der Waals surface area contributed by atoms with Gasteiger partial charge in [0.05, 0.1) is 23.2 Å². The summed E-state index contributed by atoms with van der Waals surface area (Å²) in [6.07, 6.45) is 0.134. The van der Waals surface area contributed by atoms with Gasteiger partial charge in [-0.3, -0.25) is 19.3 Å². The topological polar surface area (TPSA) is 60.9 Å². The molecule has 0 N–H and O–H groups in total. The second-order valence-corrected chi connectivity index (χ2v) is 8.35. The highest BCUT2D eigenvalue weighted by Crippen LogP contribution is 2.34. The maximum absolute atomic E-state index is 13.0. The maximum atomic E-state index is 13.0. The summed E-state index contributed by atoms with van der Waals surface area (Å²) < 4.78 is 0. The van der Waals surface area contributed by atoms with Crippen LogP contribution in [0.5, 0.6) is 0 Å². The van der Waals surface area contributed by atoms with E-state index >= 15 is 0 Å². The molecule has 0 spiro atoms. The third kappa shape index (κ3) is 3.95. The average molecular weight is 446 g/mol. The van der Waals surface area contributed by atoms with Crippen molar-refractivity contribution in [2.75, 3.05) is 36.0 Å². The van der Waals surface area contributed by atoms with Gasteiger partial charge in [0.25, 0.3) is 5.91 Å². The summed E-state index contributed by atoms with van der Waals surface area (Å²) in [5, 5.41) is 0.739. The standard InChI is InChI=1S/C22H21Cl2N3O3/c1-14(28)15-2-5-17(6-3-15)25-8-10-26(11-9-25)20-13-21(29)27(22(20)30)19-12-16(23)4-7-18(19)24/h2-7,12,20H,8-11,13H2,1H3. The molecule has 2 aromatic carbocycles. The Labute approximate surface area is 184 Å². The van der Waals surface area contributed by atoms with Gasteiger partial charge < -0.3 is 4.90 Å². The lowest BCUT2D eigenvalue weighted by Crippen LogP contribution is -2.52. The number of ketones is 1. The molecule has 6 nitrogen and oxygen atoms in total. The van der Waals surface area contributed by atoms with Crippen molar-refractivity contribution in [3.63, 3.8) is 0 Å². The number of carbonyl (C=O) groups excluding carboxylic acids is 3. The van der Waals surface area contributed by atoms with E-state index in [0.717, 1.165) is 23.7 Å². The van der Waals surface area contributed by atoms with Crippen molar-refractivity contribution >= 4 is 52.2 Å². The molecule has 0 bridgehead atoms. The van der Waals surface area contributed by atoms with Gasteiger partial charge in [-0.15, -0.1) is 0 Å². The lowest BCUT2D eigenvalue weighted by atomic mass is 10.1. The highest BCUT2D eigenvalue weighted by Gasteiger charge is 2.44. The molecule has 2 aromatic rings. The zero-order chi connectivity index (χ0) is 21.4. The summed E-state index contributed by atoms with van der Waals surface area (Å²) in [4.78, 5) is 42.5. The average Bonchev–Trinajstić information content (AvgIpc) is 3.04. The number of benzene rings is 2. The van der Waals surface area contributed by atoms with E-state index in [4.69, 9.17) is 23.2 Å². The maximum Gasteiger partial charge on any atom is 0.251 e. The lowest BCUT2D eigenvalue weighted by Gasteiger charge is -2.38. The third-order valence-electron chi connectivity index (χ3n) is 5.67. The fraction of sp³-hybridized carbons (Fsp3) is 0.318. The highest BCUT2D eigenvalue weighted by molar-refractivity contribution is 6.37. The van der Waals surface area contributed by atoms with Crippen LogP contribution in [0.1, 0.15) is 23.7 Å². The quantitative estimate of drug-likeness (QED) is 0.530. The van der Waals surface area contributed by atoms with Crippen LogP contribution in [0, 0.1) is 0 Å². The Morgan fingerprint density at radius 1 is 0.967 bits per heavy atom. The molecule has 156 valence electrons. The number of carbonyl (C=O) groups is 3. The fourth-order valence-electron chi connectivity index (χ4n) is 4.01. The van der Waals surface area contributed by atoms with Crippen molar-refractivity contribution in [2.24, 2.45) is 0 Å². The molecule has 1 unspecified atom stereocenters. The van der Waals surface area contributed by atoms with E-state index in [9.17, 15) is 14.4 Å². The molecule has 0 saturated carbocycles. The van der Waals surface area contributed by atoms with Crippen LogP contribution < -0.4 is 9.80 Å². The first-order valence-electron chi connectivity index (χ1n) is 9.77. The zero-order valence-corrected chi connectivity index (χ0v) is 18.0. The Kier molecular flexibility index (Phi) is 5.82. The number of Topliss-reactive ketones (excluding diaryl/α,β-unsaturated/α-hetero) is 1. The zero-order valence-electron chi connectivity index (χ0n) is 16.5. The molecule has 0 radical (unpaired) electrons. The number of rotatable bonds is 4. The molecule has 8 heteroatoms. The molecule has 0 aromatic heterocycles. The van der Waals surface area contributed by atoms with Gasteiger partial charge in [-0.1, -0.05) is 23.2 Å². The number of imide groups is 1. The number of hydrogen-bond donors (Lipinski definition) is 0. The van der Waals surface area contributed by atoms with Gasteiger partial charge in [-0.25, -0.2) is 4.90 Å². The molecule has 0 aliphatic carbocycles. The molecule has 4 rings (SSSR count). The van der Waals surface area contributed by atoms with E-state index in [1.807, 2.05) is 24.3 Å². The first-order valence-corrected chi connectivity index (χ1v) is 10.5. The molecule has 30 heavy (non-hydrogen) atoms. The van der Waals surface area contributed by atoms with E-state index in [1.54, 1.807) is 25.1 Å². The number of anilines is 2. The first-order chi connectivity index (χ1) is 14.3. The normalized spacial score (nSPS) is 20.2. The number of nitrogens with zero attached hydrogens (tertiary/aromatic N) is 3. The van der Waals surface area contributed by atoms with Gasteiger partial charge in [0.1, 0.15) is 0 Å². The van der Waals surface area contributed by atoms with Gasteiger partial charge in [0, 0.05) is 42.5 Å². The number of amides is 2. The van der Waals surface area contributed by atoms with Gasteiger partial charge in [0.2, 0.25) is 5.91 Å². The molecule has 2 heterocycles. The van der Waals surface area contributed by atoms with Crippen LogP contribution in [-0.2, 0) is 9.59 Å². The molecule has 2 amide bonds. The van der Waals surface area contributed by atoms with Crippen molar-refractivity contribution in [3.05, 3.63) is 58.1 Å². The molecule has 2 saturated heterocycles. The summed E-state index contributed by atoms with van der Waals surface area (Å²) in [6.45, 7) is 4.34. The Hall–Kier alpha value is -2.41. The number of halogens is 2. The van der Waals surface area contributed by atoms with E-state index in [-0.39, 0.29) is 24.0 Å². The molecule has 2 aliphatic heterocycles. The highest BCUT2D eigenvalue weighted by atomic mass is 35.5. The lowest BCUT2D eigenvalue weighted by molar-refractivity contribution is -0.123. The SMILES string of the molecule is CC(=O)c1ccc(N2CCN(C3CC(=O)N(c4cc(Cl)ccc4Cl)C3=O)CC2)cc1. The predicted molar refractivity (Wildman–Crippen MR) is 118 cm³/mol. The molecule has 1 atom stereocenters. The fourth-order valence-corrected chi connectivity index (χ4v) is 4.38.